The van der Waals surface area contributed by atoms with E-state index in [1.54, 1.807) is 6.92 Å². The number of carbonyl (C=O) groups is 2. The number of hydrogen-bond donors (Lipinski definition) is 0. The molecule has 6 heteroatoms. The third-order valence-electron chi connectivity index (χ3n) is 3.15. The van der Waals surface area contributed by atoms with Gasteiger partial charge in [0, 0.05) is 13.1 Å². The first-order valence-electron chi connectivity index (χ1n) is 7.09. The summed E-state index contributed by atoms with van der Waals surface area (Å²) in [5, 5.41) is 0.0597. The van der Waals surface area contributed by atoms with Crippen molar-refractivity contribution in [3.63, 3.8) is 0 Å². The Bertz CT molecular complexity index is 528. The number of halogens is 2. The lowest BCUT2D eigenvalue weighted by Crippen LogP contribution is -2.40. The number of rotatable bonds is 6. The highest BCUT2D eigenvalue weighted by molar-refractivity contribution is 6.33. The number of carbonyl (C=O) groups excluding carboxylic acids is 2. The van der Waals surface area contributed by atoms with Crippen LogP contribution in [0.25, 0.3) is 0 Å². The summed E-state index contributed by atoms with van der Waals surface area (Å²) >= 11 is 5.95. The number of nitrogens with zero attached hydrogens (tertiary/aromatic N) is 1. The molecule has 0 fully saturated rings. The van der Waals surface area contributed by atoms with Crippen molar-refractivity contribution in [3.8, 4) is 0 Å². The van der Waals surface area contributed by atoms with E-state index in [9.17, 15) is 14.0 Å². The third-order valence-corrected chi connectivity index (χ3v) is 3.46. The predicted octanol–water partition coefficient (Wildman–Crippen LogP) is 3.39. The molecule has 0 N–H and O–H groups in total. The Hall–Kier alpha value is -1.62. The zero-order valence-electron chi connectivity index (χ0n) is 13.2. The first kappa shape index (κ1) is 18.4. The van der Waals surface area contributed by atoms with Gasteiger partial charge in [0.2, 0.25) is 0 Å². The molecule has 1 rings (SSSR count). The molecule has 0 aliphatic heterocycles. The van der Waals surface area contributed by atoms with Crippen LogP contribution in [0.15, 0.2) is 18.2 Å². The highest BCUT2D eigenvalue weighted by Gasteiger charge is 2.26. The fourth-order valence-electron chi connectivity index (χ4n) is 2.15. The Kier molecular flexibility index (Phi) is 6.81. The monoisotopic (exact) mass is 329 g/mol. The Morgan fingerprint density at radius 1 is 1.27 bits per heavy atom. The highest BCUT2D eigenvalue weighted by atomic mass is 35.5. The molecule has 0 aliphatic carbocycles. The fraction of sp³-hybridized carbons (Fsp3) is 0.500. The molecule has 1 atom stereocenters. The molecule has 1 unspecified atom stereocenters. The van der Waals surface area contributed by atoms with Crippen molar-refractivity contribution in [1.29, 1.82) is 0 Å². The predicted molar refractivity (Wildman–Crippen MR) is 83.3 cm³/mol. The Morgan fingerprint density at radius 3 is 2.41 bits per heavy atom. The first-order valence-corrected chi connectivity index (χ1v) is 7.46. The third kappa shape index (κ3) is 4.70. The van der Waals surface area contributed by atoms with Crippen molar-refractivity contribution in [2.24, 2.45) is 11.8 Å². The van der Waals surface area contributed by atoms with Crippen molar-refractivity contribution < 1.29 is 18.7 Å². The van der Waals surface area contributed by atoms with E-state index >= 15 is 0 Å². The molecule has 1 aromatic rings. The lowest BCUT2D eigenvalue weighted by molar-refractivity contribution is -0.145. The minimum Gasteiger partial charge on any atom is -0.469 e. The topological polar surface area (TPSA) is 46.6 Å². The standard InChI is InChI=1S/C16H21ClFNO3/c1-10(2)8-19(9-11(3)16(21)22-4)15(20)14-12(17)6-5-7-13(14)18/h5-7,10-11H,8-9H2,1-4H3. The van der Waals surface area contributed by atoms with Gasteiger partial charge in [-0.15, -0.1) is 0 Å². The molecule has 0 spiro atoms. The van der Waals surface area contributed by atoms with Crippen LogP contribution in [-0.4, -0.2) is 37.0 Å². The maximum Gasteiger partial charge on any atom is 0.310 e. The van der Waals surface area contributed by atoms with Crippen molar-refractivity contribution in [2.75, 3.05) is 20.2 Å². The summed E-state index contributed by atoms with van der Waals surface area (Å²) in [5.41, 5.74) is -0.165. The van der Waals surface area contributed by atoms with Gasteiger partial charge in [-0.3, -0.25) is 9.59 Å². The van der Waals surface area contributed by atoms with E-state index in [1.165, 1.54) is 30.2 Å². The molecule has 0 aliphatic rings. The lowest BCUT2D eigenvalue weighted by atomic mass is 10.1. The first-order chi connectivity index (χ1) is 10.3. The summed E-state index contributed by atoms with van der Waals surface area (Å²) in [5.74, 6) is -1.94. The van der Waals surface area contributed by atoms with E-state index in [4.69, 9.17) is 11.6 Å². The zero-order chi connectivity index (χ0) is 16.9. The zero-order valence-corrected chi connectivity index (χ0v) is 14.0. The molecule has 0 radical (unpaired) electrons. The van der Waals surface area contributed by atoms with Crippen molar-refractivity contribution in [2.45, 2.75) is 20.8 Å². The van der Waals surface area contributed by atoms with Crippen LogP contribution in [0.1, 0.15) is 31.1 Å². The summed E-state index contributed by atoms with van der Waals surface area (Å²) in [6, 6.07) is 4.10. The molecule has 0 heterocycles. The maximum atomic E-state index is 13.9. The van der Waals surface area contributed by atoms with E-state index in [2.05, 4.69) is 4.74 Å². The molecule has 0 bridgehead atoms. The highest BCUT2D eigenvalue weighted by Crippen LogP contribution is 2.22. The number of benzene rings is 1. The molecule has 1 amide bonds. The van der Waals surface area contributed by atoms with Gasteiger partial charge in [-0.1, -0.05) is 38.4 Å². The van der Waals surface area contributed by atoms with Gasteiger partial charge >= 0.3 is 5.97 Å². The summed E-state index contributed by atoms with van der Waals surface area (Å²) in [7, 11) is 1.29. The van der Waals surface area contributed by atoms with Crippen LogP contribution >= 0.6 is 11.6 Å². The summed E-state index contributed by atoms with van der Waals surface area (Å²) in [4.78, 5) is 25.6. The van der Waals surface area contributed by atoms with E-state index in [-0.39, 0.29) is 23.0 Å². The van der Waals surface area contributed by atoms with Gasteiger partial charge in [0.25, 0.3) is 5.91 Å². The van der Waals surface area contributed by atoms with Gasteiger partial charge in [-0.25, -0.2) is 4.39 Å². The normalized spacial score (nSPS) is 12.1. The van der Waals surface area contributed by atoms with Crippen molar-refractivity contribution in [3.05, 3.63) is 34.6 Å². The molecule has 22 heavy (non-hydrogen) atoms. The number of ether oxygens (including phenoxy) is 1. The largest absolute Gasteiger partial charge is 0.469 e. The van der Waals surface area contributed by atoms with Gasteiger partial charge in [-0.05, 0) is 18.1 Å². The van der Waals surface area contributed by atoms with Gasteiger partial charge in [0.15, 0.2) is 0 Å². The molecule has 0 saturated carbocycles. The Labute approximate surface area is 135 Å². The number of hydrogen-bond acceptors (Lipinski definition) is 3. The van der Waals surface area contributed by atoms with Crippen molar-refractivity contribution in [1.82, 2.24) is 4.90 Å². The molecule has 1 aromatic carbocycles. The molecule has 4 nitrogen and oxygen atoms in total. The molecular weight excluding hydrogens is 309 g/mol. The van der Waals surface area contributed by atoms with Crippen LogP contribution in [0.4, 0.5) is 4.39 Å². The summed E-state index contributed by atoms with van der Waals surface area (Å²) < 4.78 is 18.6. The van der Waals surface area contributed by atoms with Gasteiger partial charge < -0.3 is 9.64 Å². The van der Waals surface area contributed by atoms with E-state index in [0.717, 1.165) is 0 Å². The second kappa shape index (κ2) is 8.13. The summed E-state index contributed by atoms with van der Waals surface area (Å²) in [6.07, 6.45) is 0. The van der Waals surface area contributed by atoms with Crippen LogP contribution < -0.4 is 0 Å². The maximum absolute atomic E-state index is 13.9. The van der Waals surface area contributed by atoms with Crippen LogP contribution in [0, 0.1) is 17.7 Å². The lowest BCUT2D eigenvalue weighted by Gasteiger charge is -2.27. The molecular formula is C16H21ClFNO3. The molecule has 122 valence electrons. The second-order valence-corrected chi connectivity index (χ2v) is 6.03. The van der Waals surface area contributed by atoms with Crippen molar-refractivity contribution >= 4 is 23.5 Å². The fourth-order valence-corrected chi connectivity index (χ4v) is 2.39. The van der Waals surface area contributed by atoms with Crippen LogP contribution in [-0.2, 0) is 9.53 Å². The average molecular weight is 330 g/mol. The number of amides is 1. The average Bonchev–Trinajstić information content (AvgIpc) is 2.44. The van der Waals surface area contributed by atoms with Crippen LogP contribution in [0.3, 0.4) is 0 Å². The minimum atomic E-state index is -0.669. The second-order valence-electron chi connectivity index (χ2n) is 5.62. The van der Waals surface area contributed by atoms with Crippen LogP contribution in [0.2, 0.25) is 5.02 Å². The Balaban J connectivity index is 3.06. The Morgan fingerprint density at radius 2 is 1.91 bits per heavy atom. The molecule has 0 saturated heterocycles. The van der Waals surface area contributed by atoms with E-state index in [1.807, 2.05) is 13.8 Å². The van der Waals surface area contributed by atoms with Gasteiger partial charge in [-0.2, -0.15) is 0 Å². The van der Waals surface area contributed by atoms with E-state index in [0.29, 0.717) is 6.54 Å². The SMILES string of the molecule is COC(=O)C(C)CN(CC(C)C)C(=O)c1c(F)cccc1Cl. The quantitative estimate of drug-likeness (QED) is 0.752. The summed E-state index contributed by atoms with van der Waals surface area (Å²) in [6.45, 7) is 6.08. The van der Waals surface area contributed by atoms with Gasteiger partial charge in [0.05, 0.1) is 23.6 Å². The smallest absolute Gasteiger partial charge is 0.310 e. The van der Waals surface area contributed by atoms with Crippen LogP contribution in [0.5, 0.6) is 0 Å². The number of methoxy groups -OCH3 is 1. The number of esters is 1. The minimum absolute atomic E-state index is 0.0597. The van der Waals surface area contributed by atoms with Gasteiger partial charge in [0.1, 0.15) is 5.82 Å². The molecule has 0 aromatic heterocycles. The van der Waals surface area contributed by atoms with E-state index < -0.39 is 23.6 Å².